The number of amides is 1. The lowest BCUT2D eigenvalue weighted by molar-refractivity contribution is -0.115. The highest BCUT2D eigenvalue weighted by molar-refractivity contribution is 8.18. The molecule has 0 unspecified atom stereocenters. The first-order valence-electron chi connectivity index (χ1n) is 10.5. The van der Waals surface area contributed by atoms with Gasteiger partial charge in [0.2, 0.25) is 0 Å². The molecule has 2 heterocycles. The molecule has 0 saturated carbocycles. The van der Waals surface area contributed by atoms with Gasteiger partial charge in [0.1, 0.15) is 0 Å². The maximum Gasteiger partial charge on any atom is 0.335 e. The SMILES string of the molecule is O=C1NC(=Nc2cccc(Cl)c2Cl)S/C1=C/c1cn(Cc2cccc(C(=O)O)c2)c2ccccc12. The molecule has 0 spiro atoms. The second kappa shape index (κ2) is 9.62. The Balaban J connectivity index is 1.48. The first-order chi connectivity index (χ1) is 16.9. The number of carbonyl (C=O) groups excluding carboxylic acids is 1. The van der Waals surface area contributed by atoms with Crippen LogP contribution in [-0.4, -0.2) is 26.7 Å². The maximum atomic E-state index is 12.7. The predicted octanol–water partition coefficient (Wildman–Crippen LogP) is 6.59. The van der Waals surface area contributed by atoms with E-state index in [1.807, 2.05) is 47.2 Å². The van der Waals surface area contributed by atoms with Crippen molar-refractivity contribution < 1.29 is 14.7 Å². The Hall–Kier alpha value is -3.52. The quantitative estimate of drug-likeness (QED) is 0.290. The summed E-state index contributed by atoms with van der Waals surface area (Å²) in [6.07, 6.45) is 3.79. The highest BCUT2D eigenvalue weighted by atomic mass is 35.5. The van der Waals surface area contributed by atoms with Gasteiger partial charge in [-0.15, -0.1) is 0 Å². The fourth-order valence-corrected chi connectivity index (χ4v) is 4.99. The largest absolute Gasteiger partial charge is 0.478 e. The zero-order chi connectivity index (χ0) is 24.5. The molecule has 1 aliphatic heterocycles. The number of hydrogen-bond donors (Lipinski definition) is 2. The van der Waals surface area contributed by atoms with Crippen molar-refractivity contribution in [3.05, 3.63) is 105 Å². The van der Waals surface area contributed by atoms with Crippen molar-refractivity contribution in [2.24, 2.45) is 4.99 Å². The van der Waals surface area contributed by atoms with Crippen LogP contribution in [0.15, 0.2) is 82.8 Å². The normalized spacial score (nSPS) is 15.8. The number of halogens is 2. The smallest absolute Gasteiger partial charge is 0.335 e. The Kier molecular flexibility index (Phi) is 6.38. The van der Waals surface area contributed by atoms with Crippen LogP contribution in [0, 0.1) is 0 Å². The van der Waals surface area contributed by atoms with Crippen molar-refractivity contribution in [3.63, 3.8) is 0 Å². The van der Waals surface area contributed by atoms with E-state index in [0.29, 0.717) is 32.4 Å². The number of aromatic carboxylic acids is 1. The van der Waals surface area contributed by atoms with Gasteiger partial charge in [-0.1, -0.05) is 59.6 Å². The molecule has 9 heteroatoms. The molecule has 174 valence electrons. The van der Waals surface area contributed by atoms with Crippen molar-refractivity contribution in [1.29, 1.82) is 0 Å². The Morgan fingerprint density at radius 3 is 2.71 bits per heavy atom. The van der Waals surface area contributed by atoms with Gasteiger partial charge in [0.05, 0.1) is 26.2 Å². The number of benzene rings is 3. The van der Waals surface area contributed by atoms with Crippen LogP contribution in [0.5, 0.6) is 0 Å². The molecule has 2 N–H and O–H groups in total. The minimum Gasteiger partial charge on any atom is -0.478 e. The van der Waals surface area contributed by atoms with Gasteiger partial charge in [0.15, 0.2) is 5.17 Å². The van der Waals surface area contributed by atoms with E-state index in [9.17, 15) is 14.7 Å². The minimum absolute atomic E-state index is 0.243. The van der Waals surface area contributed by atoms with Gasteiger partial charge in [-0.05, 0) is 53.7 Å². The average molecular weight is 522 g/mol. The summed E-state index contributed by atoms with van der Waals surface area (Å²) in [5, 5.41) is 14.2. The number of fused-ring (bicyclic) bond motifs is 1. The van der Waals surface area contributed by atoms with Crippen molar-refractivity contribution in [3.8, 4) is 0 Å². The Labute approximate surface area is 214 Å². The number of rotatable bonds is 5. The van der Waals surface area contributed by atoms with Gasteiger partial charge < -0.3 is 15.0 Å². The molecule has 4 aromatic rings. The van der Waals surface area contributed by atoms with Gasteiger partial charge in [-0.3, -0.25) is 4.79 Å². The number of aliphatic imine (C=N–C) groups is 1. The molecule has 5 rings (SSSR count). The number of thioether (sulfide) groups is 1. The first-order valence-corrected chi connectivity index (χ1v) is 12.1. The molecule has 35 heavy (non-hydrogen) atoms. The van der Waals surface area contributed by atoms with Gasteiger partial charge in [0, 0.05) is 29.2 Å². The summed E-state index contributed by atoms with van der Waals surface area (Å²) in [5.41, 5.74) is 3.43. The highest BCUT2D eigenvalue weighted by Crippen LogP contribution is 2.35. The van der Waals surface area contributed by atoms with Crippen molar-refractivity contribution in [2.45, 2.75) is 6.54 Å². The number of aromatic nitrogens is 1. The second-order valence-corrected chi connectivity index (χ2v) is 9.61. The van der Waals surface area contributed by atoms with E-state index in [1.54, 1.807) is 36.4 Å². The van der Waals surface area contributed by atoms with Crippen LogP contribution in [0.2, 0.25) is 10.0 Å². The molecule has 0 aliphatic carbocycles. The van der Waals surface area contributed by atoms with E-state index in [0.717, 1.165) is 22.0 Å². The molecule has 1 fully saturated rings. The third-order valence-electron chi connectivity index (χ3n) is 5.44. The lowest BCUT2D eigenvalue weighted by atomic mass is 10.1. The standard InChI is InChI=1S/C26H17Cl2N3O3S/c27-19-8-4-9-20(23(19)28)29-26-30-24(32)22(35-26)12-17-14-31(21-10-2-1-7-18(17)21)13-15-5-3-6-16(11-15)25(33)34/h1-12,14H,13H2,(H,33,34)(H,29,30,32)/b22-12+. The third-order valence-corrected chi connectivity index (χ3v) is 7.16. The van der Waals surface area contributed by atoms with Crippen LogP contribution in [0.25, 0.3) is 17.0 Å². The van der Waals surface area contributed by atoms with E-state index >= 15 is 0 Å². The summed E-state index contributed by atoms with van der Waals surface area (Å²) in [5.74, 6) is -1.21. The Bertz CT molecular complexity index is 1560. The van der Waals surface area contributed by atoms with Crippen LogP contribution >= 0.6 is 35.0 Å². The summed E-state index contributed by atoms with van der Waals surface area (Å²) in [6, 6.07) is 19.9. The molecule has 1 saturated heterocycles. The number of amidine groups is 1. The van der Waals surface area contributed by atoms with E-state index in [-0.39, 0.29) is 11.5 Å². The van der Waals surface area contributed by atoms with Crippen molar-refractivity contribution in [1.82, 2.24) is 9.88 Å². The lowest BCUT2D eigenvalue weighted by Gasteiger charge is -2.06. The molecular weight excluding hydrogens is 505 g/mol. The van der Waals surface area contributed by atoms with Crippen LogP contribution in [-0.2, 0) is 11.3 Å². The number of carboxylic acids is 1. The lowest BCUT2D eigenvalue weighted by Crippen LogP contribution is -2.19. The first kappa shape index (κ1) is 23.2. The molecule has 0 atom stereocenters. The number of nitrogens with zero attached hydrogens (tertiary/aromatic N) is 2. The number of carboxylic acid groups (broad SMARTS) is 1. The fraction of sp³-hybridized carbons (Fsp3) is 0.0385. The van der Waals surface area contributed by atoms with E-state index in [2.05, 4.69) is 10.3 Å². The van der Waals surface area contributed by atoms with Crippen molar-refractivity contribution >= 4 is 74.7 Å². The van der Waals surface area contributed by atoms with E-state index in [4.69, 9.17) is 23.2 Å². The van der Waals surface area contributed by atoms with Gasteiger partial charge >= 0.3 is 5.97 Å². The maximum absolute atomic E-state index is 12.7. The second-order valence-electron chi connectivity index (χ2n) is 7.79. The topological polar surface area (TPSA) is 83.7 Å². The summed E-state index contributed by atoms with van der Waals surface area (Å²) in [4.78, 5) is 29.0. The highest BCUT2D eigenvalue weighted by Gasteiger charge is 2.25. The monoisotopic (exact) mass is 521 g/mol. The van der Waals surface area contributed by atoms with E-state index < -0.39 is 5.97 Å². The molecule has 6 nitrogen and oxygen atoms in total. The molecule has 1 aliphatic rings. The third kappa shape index (κ3) is 4.84. The molecule has 0 bridgehead atoms. The zero-order valence-corrected chi connectivity index (χ0v) is 20.4. The Morgan fingerprint density at radius 1 is 1.09 bits per heavy atom. The van der Waals surface area contributed by atoms with Gasteiger partial charge in [0.25, 0.3) is 5.91 Å². The zero-order valence-electron chi connectivity index (χ0n) is 18.0. The number of hydrogen-bond acceptors (Lipinski definition) is 4. The summed E-state index contributed by atoms with van der Waals surface area (Å²) < 4.78 is 2.04. The van der Waals surface area contributed by atoms with Crippen molar-refractivity contribution in [2.75, 3.05) is 0 Å². The molecule has 0 radical (unpaired) electrons. The molecule has 3 aromatic carbocycles. The predicted molar refractivity (Wildman–Crippen MR) is 142 cm³/mol. The Morgan fingerprint density at radius 2 is 1.89 bits per heavy atom. The van der Waals surface area contributed by atoms with Crippen LogP contribution in [0.1, 0.15) is 21.5 Å². The average Bonchev–Trinajstić information content (AvgIpc) is 3.37. The molecule has 1 aromatic heterocycles. The molecular formula is C26H17Cl2N3O3S. The summed E-state index contributed by atoms with van der Waals surface area (Å²) in [7, 11) is 0. The fourth-order valence-electron chi connectivity index (χ4n) is 3.83. The minimum atomic E-state index is -0.963. The number of carbonyl (C=O) groups is 2. The van der Waals surface area contributed by atoms with Gasteiger partial charge in [-0.25, -0.2) is 9.79 Å². The van der Waals surface area contributed by atoms with Gasteiger partial charge in [-0.2, -0.15) is 0 Å². The van der Waals surface area contributed by atoms with Crippen LogP contribution in [0.4, 0.5) is 5.69 Å². The number of nitrogens with one attached hydrogen (secondary N) is 1. The van der Waals surface area contributed by atoms with Crippen LogP contribution in [0.3, 0.4) is 0 Å². The molecule has 1 amide bonds. The number of para-hydroxylation sites is 1. The summed E-state index contributed by atoms with van der Waals surface area (Å²) >= 11 is 13.5. The van der Waals surface area contributed by atoms with Crippen LogP contribution < -0.4 is 5.32 Å². The summed E-state index contributed by atoms with van der Waals surface area (Å²) in [6.45, 7) is 0.490. The van der Waals surface area contributed by atoms with E-state index in [1.165, 1.54) is 11.8 Å².